The monoisotopic (exact) mass is 391 g/mol. The molecule has 150 valence electrons. The van der Waals surface area contributed by atoms with Crippen LogP contribution in [-0.2, 0) is 0 Å². The molecule has 6 nitrogen and oxygen atoms in total. The van der Waals surface area contributed by atoms with E-state index in [0.717, 1.165) is 22.6 Å². The molecule has 1 atom stereocenters. The van der Waals surface area contributed by atoms with Gasteiger partial charge in [-0.3, -0.25) is 9.36 Å². The van der Waals surface area contributed by atoms with E-state index in [9.17, 15) is 14.7 Å². The van der Waals surface area contributed by atoms with Crippen molar-refractivity contribution in [2.24, 2.45) is 0 Å². The van der Waals surface area contributed by atoms with E-state index in [-0.39, 0.29) is 17.5 Å². The van der Waals surface area contributed by atoms with Gasteiger partial charge in [0, 0.05) is 5.69 Å². The number of carboxylic acid groups (broad SMARTS) is 1. The third kappa shape index (κ3) is 4.06. The number of nitrogens with zero attached hydrogens (tertiary/aromatic N) is 2. The number of carbonyl (C=O) groups is 2. The summed E-state index contributed by atoms with van der Waals surface area (Å²) in [7, 11) is 0. The van der Waals surface area contributed by atoms with Crippen LogP contribution in [0.25, 0.3) is 5.69 Å². The Morgan fingerprint density at radius 2 is 1.69 bits per heavy atom. The Bertz CT molecular complexity index is 1080. The highest BCUT2D eigenvalue weighted by Crippen LogP contribution is 2.21. The summed E-state index contributed by atoms with van der Waals surface area (Å²) in [6, 6.07) is 12.8. The van der Waals surface area contributed by atoms with Crippen LogP contribution < -0.4 is 5.32 Å². The molecule has 3 aromatic rings. The van der Waals surface area contributed by atoms with Gasteiger partial charge in [-0.1, -0.05) is 29.8 Å². The Hall–Kier alpha value is -3.41. The minimum atomic E-state index is -0.959. The first-order valence-corrected chi connectivity index (χ1v) is 9.46. The Morgan fingerprint density at radius 3 is 2.28 bits per heavy atom. The van der Waals surface area contributed by atoms with Crippen LogP contribution in [0.1, 0.15) is 62.0 Å². The molecule has 0 aliphatic carbocycles. The lowest BCUT2D eigenvalue weighted by molar-refractivity contribution is 0.0695. The van der Waals surface area contributed by atoms with Crippen LogP contribution >= 0.6 is 0 Å². The number of aryl methyl sites for hydroxylation is 4. The van der Waals surface area contributed by atoms with Crippen molar-refractivity contribution in [2.45, 2.75) is 40.7 Å². The van der Waals surface area contributed by atoms with Gasteiger partial charge in [0.25, 0.3) is 5.91 Å². The van der Waals surface area contributed by atoms with Gasteiger partial charge in [0.2, 0.25) is 0 Å². The van der Waals surface area contributed by atoms with Gasteiger partial charge in [0.1, 0.15) is 11.5 Å². The third-order valence-electron chi connectivity index (χ3n) is 5.06. The molecule has 0 saturated carbocycles. The third-order valence-corrected chi connectivity index (χ3v) is 5.06. The summed E-state index contributed by atoms with van der Waals surface area (Å²) in [5.41, 5.74) is 4.94. The fourth-order valence-electron chi connectivity index (χ4n) is 3.49. The second-order valence-electron chi connectivity index (χ2n) is 7.34. The first-order chi connectivity index (χ1) is 13.7. The second-order valence-corrected chi connectivity index (χ2v) is 7.34. The van der Waals surface area contributed by atoms with E-state index in [0.29, 0.717) is 17.0 Å². The topological polar surface area (TPSA) is 84.2 Å². The first-order valence-electron chi connectivity index (χ1n) is 9.46. The number of amides is 1. The number of rotatable bonds is 5. The van der Waals surface area contributed by atoms with Gasteiger partial charge in [-0.05, 0) is 63.9 Å². The number of carbonyl (C=O) groups excluding carboxylic acids is 1. The summed E-state index contributed by atoms with van der Waals surface area (Å²) in [6.07, 6.45) is 0. The lowest BCUT2D eigenvalue weighted by Crippen LogP contribution is -2.29. The Balaban J connectivity index is 1.90. The first kappa shape index (κ1) is 20.3. The number of hydrogen-bond acceptors (Lipinski definition) is 3. The molecule has 0 saturated heterocycles. The van der Waals surface area contributed by atoms with Gasteiger partial charge in [-0.15, -0.1) is 0 Å². The molecule has 2 aromatic carbocycles. The minimum absolute atomic E-state index is 0.226. The maximum atomic E-state index is 13.1. The molecule has 1 unspecified atom stereocenters. The maximum Gasteiger partial charge on any atom is 0.335 e. The largest absolute Gasteiger partial charge is 0.478 e. The summed E-state index contributed by atoms with van der Waals surface area (Å²) in [4.78, 5) is 28.8. The van der Waals surface area contributed by atoms with Crippen LogP contribution in [0.2, 0.25) is 0 Å². The summed E-state index contributed by atoms with van der Waals surface area (Å²) in [5.74, 6) is -0.444. The molecule has 1 amide bonds. The van der Waals surface area contributed by atoms with Crippen LogP contribution in [0.5, 0.6) is 0 Å². The second kappa shape index (κ2) is 7.91. The maximum absolute atomic E-state index is 13.1. The molecule has 3 rings (SSSR count). The smallest absolute Gasteiger partial charge is 0.335 e. The Morgan fingerprint density at radius 1 is 1.03 bits per heavy atom. The van der Waals surface area contributed by atoms with Crippen molar-refractivity contribution in [1.82, 2.24) is 14.9 Å². The summed E-state index contributed by atoms with van der Waals surface area (Å²) < 4.78 is 1.86. The van der Waals surface area contributed by atoms with Crippen molar-refractivity contribution in [2.75, 3.05) is 0 Å². The molecule has 1 aromatic heterocycles. The van der Waals surface area contributed by atoms with Crippen molar-refractivity contribution in [1.29, 1.82) is 0 Å². The van der Waals surface area contributed by atoms with Gasteiger partial charge in [-0.2, -0.15) is 0 Å². The molecule has 2 N–H and O–H groups in total. The molecule has 0 fully saturated rings. The number of aromatic carboxylic acids is 1. The van der Waals surface area contributed by atoms with Crippen LogP contribution in [0.15, 0.2) is 42.5 Å². The SMILES string of the molecule is Cc1ccc(-n2c(C)nc(C)c2C(=O)NC(C)c2ccc(C(=O)O)c(C)c2)cc1. The van der Waals surface area contributed by atoms with Crippen LogP contribution in [0.4, 0.5) is 0 Å². The number of benzene rings is 2. The van der Waals surface area contributed by atoms with Gasteiger partial charge in [0.15, 0.2) is 0 Å². The molecule has 1 heterocycles. The van der Waals surface area contributed by atoms with Crippen molar-refractivity contribution >= 4 is 11.9 Å². The van der Waals surface area contributed by atoms with Crippen molar-refractivity contribution < 1.29 is 14.7 Å². The number of nitrogens with one attached hydrogen (secondary N) is 1. The van der Waals surface area contributed by atoms with Crippen LogP contribution in [-0.4, -0.2) is 26.5 Å². The van der Waals surface area contributed by atoms with Crippen molar-refractivity contribution in [3.63, 3.8) is 0 Å². The Kier molecular flexibility index (Phi) is 5.55. The summed E-state index contributed by atoms with van der Waals surface area (Å²) >= 11 is 0. The van der Waals surface area contributed by atoms with E-state index < -0.39 is 5.97 Å². The van der Waals surface area contributed by atoms with Crippen LogP contribution in [0, 0.1) is 27.7 Å². The Labute approximate surface area is 170 Å². The zero-order chi connectivity index (χ0) is 21.3. The predicted molar refractivity (Wildman–Crippen MR) is 112 cm³/mol. The molecular weight excluding hydrogens is 366 g/mol. The van der Waals surface area contributed by atoms with E-state index in [2.05, 4.69) is 10.3 Å². The van der Waals surface area contributed by atoms with Gasteiger partial charge in [0.05, 0.1) is 17.3 Å². The molecule has 0 aliphatic rings. The highest BCUT2D eigenvalue weighted by Gasteiger charge is 2.22. The minimum Gasteiger partial charge on any atom is -0.478 e. The fourth-order valence-corrected chi connectivity index (χ4v) is 3.49. The summed E-state index contributed by atoms with van der Waals surface area (Å²) in [6.45, 7) is 9.34. The molecule has 0 bridgehead atoms. The van der Waals surface area contributed by atoms with Crippen molar-refractivity contribution in [3.8, 4) is 5.69 Å². The quantitative estimate of drug-likeness (QED) is 0.679. The lowest BCUT2D eigenvalue weighted by atomic mass is 10.0. The van der Waals surface area contributed by atoms with E-state index in [1.807, 2.05) is 56.5 Å². The lowest BCUT2D eigenvalue weighted by Gasteiger charge is -2.17. The van der Waals surface area contributed by atoms with E-state index >= 15 is 0 Å². The fraction of sp³-hybridized carbons (Fsp3) is 0.261. The number of imidazole rings is 1. The molecule has 0 aliphatic heterocycles. The number of hydrogen-bond donors (Lipinski definition) is 2. The van der Waals surface area contributed by atoms with Gasteiger partial charge in [-0.25, -0.2) is 9.78 Å². The highest BCUT2D eigenvalue weighted by molar-refractivity contribution is 5.95. The van der Waals surface area contributed by atoms with E-state index in [1.165, 1.54) is 0 Å². The van der Waals surface area contributed by atoms with Gasteiger partial charge < -0.3 is 10.4 Å². The standard InChI is InChI=1S/C23H25N3O3/c1-13-6-9-19(10-7-13)26-17(5)24-16(4)21(26)22(27)25-15(3)18-8-11-20(23(28)29)14(2)12-18/h6-12,15H,1-5H3,(H,25,27)(H,28,29). The van der Waals surface area contributed by atoms with Crippen molar-refractivity contribution in [3.05, 3.63) is 81.9 Å². The van der Waals surface area contributed by atoms with Gasteiger partial charge >= 0.3 is 5.97 Å². The zero-order valence-electron chi connectivity index (χ0n) is 17.3. The number of aromatic nitrogens is 2. The normalized spacial score (nSPS) is 11.9. The highest BCUT2D eigenvalue weighted by atomic mass is 16.4. The van der Waals surface area contributed by atoms with E-state index in [1.54, 1.807) is 25.1 Å². The average Bonchev–Trinajstić information content (AvgIpc) is 2.95. The summed E-state index contributed by atoms with van der Waals surface area (Å²) in [5, 5.41) is 12.2. The molecule has 0 radical (unpaired) electrons. The molecule has 0 spiro atoms. The van der Waals surface area contributed by atoms with Crippen LogP contribution in [0.3, 0.4) is 0 Å². The zero-order valence-corrected chi connectivity index (χ0v) is 17.3. The number of carboxylic acids is 1. The predicted octanol–water partition coefficient (Wildman–Crippen LogP) is 4.30. The molecule has 6 heteroatoms. The van der Waals surface area contributed by atoms with E-state index in [4.69, 9.17) is 0 Å². The molecular formula is C23H25N3O3. The average molecular weight is 391 g/mol. The molecule has 29 heavy (non-hydrogen) atoms.